The fourth-order valence-electron chi connectivity index (χ4n) is 2.24. The molecule has 6 heteroatoms. The molecule has 0 N–H and O–H groups in total. The minimum atomic E-state index is -0.438. The molecule has 0 spiro atoms. The Bertz CT molecular complexity index is 660. The van der Waals surface area contributed by atoms with Crippen LogP contribution in [0.2, 0.25) is 0 Å². The van der Waals surface area contributed by atoms with Gasteiger partial charge in [-0.05, 0) is 23.8 Å². The van der Waals surface area contributed by atoms with Crippen molar-refractivity contribution in [2.45, 2.75) is 20.4 Å². The van der Waals surface area contributed by atoms with Crippen LogP contribution in [0.3, 0.4) is 0 Å². The summed E-state index contributed by atoms with van der Waals surface area (Å²) in [6.45, 7) is 5.25. The van der Waals surface area contributed by atoms with E-state index in [1.165, 1.54) is 13.2 Å². The Balaban J connectivity index is 0.00000242. The van der Waals surface area contributed by atoms with Crippen molar-refractivity contribution in [1.82, 2.24) is 0 Å². The minimum Gasteiger partial charge on any atom is -1.00 e. The second-order valence-electron chi connectivity index (χ2n) is 5.33. The van der Waals surface area contributed by atoms with Crippen molar-refractivity contribution in [2.75, 3.05) is 7.11 Å². The van der Waals surface area contributed by atoms with Crippen LogP contribution in [0.25, 0.3) is 11.1 Å². The Morgan fingerprint density at radius 2 is 2.00 bits per heavy atom. The van der Waals surface area contributed by atoms with Gasteiger partial charge in [0, 0.05) is 23.6 Å². The molecule has 2 aromatic rings. The summed E-state index contributed by atoms with van der Waals surface area (Å²) in [5.41, 5.74) is 1.88. The van der Waals surface area contributed by atoms with Gasteiger partial charge in [0.2, 0.25) is 0 Å². The third-order valence-electron chi connectivity index (χ3n) is 3.14. The maximum atomic E-state index is 10.9. The highest BCUT2D eigenvalue weighted by molar-refractivity contribution is 5.67. The zero-order valence-corrected chi connectivity index (χ0v) is 15.0. The van der Waals surface area contributed by atoms with Crippen molar-refractivity contribution >= 4 is 5.69 Å². The second kappa shape index (κ2) is 8.07. The molecule has 0 aliphatic heterocycles. The predicted molar refractivity (Wildman–Crippen MR) is 80.1 cm³/mol. The van der Waals surface area contributed by atoms with Crippen molar-refractivity contribution in [3.05, 3.63) is 52.8 Å². The molecule has 0 atom stereocenters. The topological polar surface area (TPSA) is 56.2 Å². The van der Waals surface area contributed by atoms with E-state index in [4.69, 9.17) is 4.74 Å². The number of halogens is 1. The summed E-state index contributed by atoms with van der Waals surface area (Å²) in [4.78, 5) is 10.5. The van der Waals surface area contributed by atoms with E-state index in [0.717, 1.165) is 17.7 Å². The van der Waals surface area contributed by atoms with Crippen LogP contribution in [0, 0.1) is 16.0 Å². The predicted octanol–water partition coefficient (Wildman–Crippen LogP) is 0.218. The number of hydrogen-bond donors (Lipinski definition) is 0. The summed E-state index contributed by atoms with van der Waals surface area (Å²) in [5, 5.41) is 10.9. The third kappa shape index (κ3) is 4.40. The summed E-state index contributed by atoms with van der Waals surface area (Å²) in [6, 6.07) is 8.89. The molecule has 0 amide bonds. The van der Waals surface area contributed by atoms with Crippen LogP contribution < -0.4 is 33.3 Å². The van der Waals surface area contributed by atoms with Crippen LogP contribution in [-0.4, -0.2) is 12.0 Å². The molecule has 0 aliphatic carbocycles. The molecule has 1 aromatic carbocycles. The highest BCUT2D eigenvalue weighted by Crippen LogP contribution is 2.31. The molecule has 0 bridgehead atoms. The Hall–Kier alpha value is -1.70. The number of nitro groups is 1. The normalized spacial score (nSPS) is 10.2. The van der Waals surface area contributed by atoms with Crippen molar-refractivity contribution < 1.29 is 38.2 Å². The summed E-state index contributed by atoms with van der Waals surface area (Å²) in [5.74, 6) is 0.827. The van der Waals surface area contributed by atoms with Gasteiger partial charge in [-0.2, -0.15) is 0 Å². The lowest BCUT2D eigenvalue weighted by molar-refractivity contribution is -0.701. The first kappa shape index (κ1) is 18.3. The van der Waals surface area contributed by atoms with Crippen LogP contribution in [0.1, 0.15) is 13.8 Å². The van der Waals surface area contributed by atoms with Crippen LogP contribution in [0.15, 0.2) is 42.7 Å². The Labute approximate surface area is 147 Å². The zero-order chi connectivity index (χ0) is 15.4. The minimum absolute atomic E-state index is 0. The molecule has 1 aromatic heterocycles. The SMILES string of the molecule is COc1cc(-c2ccc[n+](CC(C)C)c2)ccc1[N+](=O)[O-].[I-]. The van der Waals surface area contributed by atoms with Gasteiger partial charge in [0.1, 0.15) is 0 Å². The fourth-order valence-corrected chi connectivity index (χ4v) is 2.24. The maximum Gasteiger partial charge on any atom is 0.310 e. The summed E-state index contributed by atoms with van der Waals surface area (Å²) < 4.78 is 7.23. The smallest absolute Gasteiger partial charge is 0.310 e. The van der Waals surface area contributed by atoms with E-state index in [-0.39, 0.29) is 35.4 Å². The number of methoxy groups -OCH3 is 1. The molecule has 0 aliphatic rings. The fraction of sp³-hybridized carbons (Fsp3) is 0.312. The lowest BCUT2D eigenvalue weighted by atomic mass is 10.1. The van der Waals surface area contributed by atoms with Gasteiger partial charge in [-0.15, -0.1) is 0 Å². The van der Waals surface area contributed by atoms with Gasteiger partial charge in [-0.25, -0.2) is 4.57 Å². The van der Waals surface area contributed by atoms with Crippen molar-refractivity contribution in [3.8, 4) is 16.9 Å². The van der Waals surface area contributed by atoms with E-state index in [1.54, 1.807) is 12.1 Å². The molecular formula is C16H19IN2O3. The van der Waals surface area contributed by atoms with Gasteiger partial charge in [-0.3, -0.25) is 10.1 Å². The van der Waals surface area contributed by atoms with Crippen LogP contribution >= 0.6 is 0 Å². The average molecular weight is 414 g/mol. The number of ether oxygens (including phenoxy) is 1. The Morgan fingerprint density at radius 1 is 1.27 bits per heavy atom. The van der Waals surface area contributed by atoms with E-state index < -0.39 is 4.92 Å². The van der Waals surface area contributed by atoms with Gasteiger partial charge < -0.3 is 28.7 Å². The molecule has 5 nitrogen and oxygen atoms in total. The maximum absolute atomic E-state index is 10.9. The molecule has 0 radical (unpaired) electrons. The summed E-state index contributed by atoms with van der Waals surface area (Å²) in [7, 11) is 1.44. The number of benzene rings is 1. The van der Waals surface area contributed by atoms with E-state index in [0.29, 0.717) is 5.92 Å². The number of rotatable bonds is 5. The van der Waals surface area contributed by atoms with Crippen molar-refractivity contribution in [2.24, 2.45) is 5.92 Å². The van der Waals surface area contributed by atoms with E-state index in [2.05, 4.69) is 18.4 Å². The van der Waals surface area contributed by atoms with E-state index in [1.807, 2.05) is 24.5 Å². The molecule has 118 valence electrons. The summed E-state index contributed by atoms with van der Waals surface area (Å²) in [6.07, 6.45) is 4.06. The number of hydrogen-bond acceptors (Lipinski definition) is 3. The monoisotopic (exact) mass is 414 g/mol. The number of pyridine rings is 1. The van der Waals surface area contributed by atoms with Gasteiger partial charge in [0.15, 0.2) is 24.7 Å². The number of nitro benzene ring substituents is 1. The van der Waals surface area contributed by atoms with E-state index in [9.17, 15) is 10.1 Å². The highest BCUT2D eigenvalue weighted by atomic mass is 127. The van der Waals surface area contributed by atoms with Crippen LogP contribution in [0.4, 0.5) is 5.69 Å². The molecular weight excluding hydrogens is 395 g/mol. The summed E-state index contributed by atoms with van der Waals surface area (Å²) >= 11 is 0. The quantitative estimate of drug-likeness (QED) is 0.305. The molecule has 0 saturated carbocycles. The molecule has 2 rings (SSSR count). The first-order valence-corrected chi connectivity index (χ1v) is 6.83. The average Bonchev–Trinajstić information content (AvgIpc) is 2.46. The molecule has 1 heterocycles. The standard InChI is InChI=1S/C16H19N2O3.HI/c1-12(2)10-17-8-4-5-14(11-17)13-6-7-15(18(19)20)16(9-13)21-3;/h4-9,11-12H,10H2,1-3H3;1H/q+1;/p-1. The van der Waals surface area contributed by atoms with Crippen LogP contribution in [-0.2, 0) is 6.54 Å². The lowest BCUT2D eigenvalue weighted by Gasteiger charge is -2.06. The van der Waals surface area contributed by atoms with Gasteiger partial charge in [0.05, 0.1) is 12.0 Å². The molecule has 0 saturated heterocycles. The van der Waals surface area contributed by atoms with Gasteiger partial charge in [0.25, 0.3) is 0 Å². The van der Waals surface area contributed by atoms with E-state index >= 15 is 0 Å². The number of aromatic nitrogens is 1. The van der Waals surface area contributed by atoms with Crippen molar-refractivity contribution in [1.29, 1.82) is 0 Å². The number of nitrogens with zero attached hydrogens (tertiary/aromatic N) is 2. The molecule has 0 fully saturated rings. The zero-order valence-electron chi connectivity index (χ0n) is 12.8. The lowest BCUT2D eigenvalue weighted by Crippen LogP contribution is -3.00. The first-order chi connectivity index (χ1) is 10.0. The molecule has 22 heavy (non-hydrogen) atoms. The highest BCUT2D eigenvalue weighted by Gasteiger charge is 2.16. The van der Waals surface area contributed by atoms with Crippen LogP contribution in [0.5, 0.6) is 5.75 Å². The van der Waals surface area contributed by atoms with Gasteiger partial charge >= 0.3 is 5.69 Å². The second-order valence-corrected chi connectivity index (χ2v) is 5.33. The Morgan fingerprint density at radius 3 is 2.59 bits per heavy atom. The first-order valence-electron chi connectivity index (χ1n) is 6.83. The third-order valence-corrected chi connectivity index (χ3v) is 3.14. The van der Waals surface area contributed by atoms with Crippen molar-refractivity contribution in [3.63, 3.8) is 0 Å². The largest absolute Gasteiger partial charge is 1.00 e. The van der Waals surface area contributed by atoms with Gasteiger partial charge in [-0.1, -0.05) is 13.8 Å². The Kier molecular flexibility index (Phi) is 6.73. The molecule has 0 unspecified atom stereocenters.